The molecule has 0 bridgehead atoms. The van der Waals surface area contributed by atoms with Crippen molar-refractivity contribution in [2.24, 2.45) is 0 Å². The van der Waals surface area contributed by atoms with Crippen LogP contribution < -0.4 is 5.32 Å². The number of hydrogen-bond donors (Lipinski definition) is 1. The fourth-order valence-electron chi connectivity index (χ4n) is 1.91. The van der Waals surface area contributed by atoms with E-state index in [0.29, 0.717) is 12.8 Å². The Kier molecular flexibility index (Phi) is 5.75. The fourth-order valence-corrected chi connectivity index (χ4v) is 2.60. The summed E-state index contributed by atoms with van der Waals surface area (Å²) in [6.45, 7) is 2.74. The first-order chi connectivity index (χ1) is 8.42. The number of sulfone groups is 1. The molecule has 18 heavy (non-hydrogen) atoms. The van der Waals surface area contributed by atoms with Crippen LogP contribution in [0.4, 0.5) is 4.39 Å². The van der Waals surface area contributed by atoms with Crippen molar-refractivity contribution < 1.29 is 12.8 Å². The van der Waals surface area contributed by atoms with E-state index in [1.807, 2.05) is 13.0 Å². The molecule has 1 unspecified atom stereocenters. The lowest BCUT2D eigenvalue weighted by atomic mass is 10.0. The van der Waals surface area contributed by atoms with Crippen LogP contribution in [0, 0.1) is 5.82 Å². The zero-order valence-electron chi connectivity index (χ0n) is 10.8. The fraction of sp³-hybridized carbons (Fsp3) is 0.538. The summed E-state index contributed by atoms with van der Waals surface area (Å²) in [5.74, 6) is -0.0944. The third kappa shape index (κ3) is 5.60. The molecule has 0 aliphatic carbocycles. The molecule has 102 valence electrons. The Morgan fingerprint density at radius 2 is 2.11 bits per heavy atom. The second-order valence-electron chi connectivity index (χ2n) is 4.44. The molecule has 0 saturated heterocycles. The average molecular weight is 273 g/mol. The molecule has 0 fully saturated rings. The van der Waals surface area contributed by atoms with Gasteiger partial charge < -0.3 is 5.32 Å². The molecule has 0 radical (unpaired) electrons. The molecule has 1 rings (SSSR count). The van der Waals surface area contributed by atoms with Gasteiger partial charge in [0, 0.05) is 18.1 Å². The van der Waals surface area contributed by atoms with E-state index in [9.17, 15) is 12.8 Å². The molecule has 0 saturated carbocycles. The zero-order valence-corrected chi connectivity index (χ0v) is 11.6. The first kappa shape index (κ1) is 15.1. The average Bonchev–Trinajstić information content (AvgIpc) is 2.26. The lowest BCUT2D eigenvalue weighted by molar-refractivity contribution is 0.503. The van der Waals surface area contributed by atoms with Crippen molar-refractivity contribution in [3.63, 3.8) is 0 Å². The number of benzene rings is 1. The molecule has 1 aromatic carbocycles. The first-order valence-electron chi connectivity index (χ1n) is 6.09. The molecular weight excluding hydrogens is 253 g/mol. The summed E-state index contributed by atoms with van der Waals surface area (Å²) in [6, 6.07) is 6.44. The second kappa shape index (κ2) is 6.85. The molecule has 3 nitrogen and oxygen atoms in total. The Labute approximate surface area is 108 Å². The second-order valence-corrected chi connectivity index (χ2v) is 6.70. The molecular formula is C13H20FNO2S. The highest BCUT2D eigenvalue weighted by Gasteiger charge is 2.12. The maximum Gasteiger partial charge on any atom is 0.147 e. The van der Waals surface area contributed by atoms with Crippen LogP contribution in [0.25, 0.3) is 0 Å². The number of hydrogen-bond acceptors (Lipinski definition) is 3. The monoisotopic (exact) mass is 273 g/mol. The van der Waals surface area contributed by atoms with Gasteiger partial charge in [-0.3, -0.25) is 0 Å². The third-order valence-electron chi connectivity index (χ3n) is 2.71. The van der Waals surface area contributed by atoms with Crippen molar-refractivity contribution in [3.05, 3.63) is 35.6 Å². The Balaban J connectivity index is 2.65. The zero-order chi connectivity index (χ0) is 13.6. The van der Waals surface area contributed by atoms with Crippen molar-refractivity contribution in [2.75, 3.05) is 18.6 Å². The van der Waals surface area contributed by atoms with Crippen LogP contribution in [-0.2, 0) is 9.84 Å². The predicted octanol–water partition coefficient (Wildman–Crippen LogP) is 2.30. The quantitative estimate of drug-likeness (QED) is 0.829. The van der Waals surface area contributed by atoms with Crippen LogP contribution in [0.1, 0.15) is 31.4 Å². The third-order valence-corrected chi connectivity index (χ3v) is 3.74. The van der Waals surface area contributed by atoms with E-state index in [1.165, 1.54) is 18.4 Å². The van der Waals surface area contributed by atoms with E-state index in [0.717, 1.165) is 12.1 Å². The number of halogens is 1. The lowest BCUT2D eigenvalue weighted by Gasteiger charge is -2.18. The number of rotatable bonds is 7. The van der Waals surface area contributed by atoms with E-state index in [4.69, 9.17) is 0 Å². The minimum absolute atomic E-state index is 0.00690. The molecule has 0 heterocycles. The topological polar surface area (TPSA) is 46.2 Å². The van der Waals surface area contributed by atoms with Crippen LogP contribution >= 0.6 is 0 Å². The van der Waals surface area contributed by atoms with Crippen LogP contribution in [0.3, 0.4) is 0 Å². The van der Waals surface area contributed by atoms with Crippen LogP contribution in [0.5, 0.6) is 0 Å². The van der Waals surface area contributed by atoms with Gasteiger partial charge in [0.2, 0.25) is 0 Å². The molecule has 0 aliphatic rings. The largest absolute Gasteiger partial charge is 0.310 e. The van der Waals surface area contributed by atoms with Crippen molar-refractivity contribution in [2.45, 2.75) is 25.8 Å². The van der Waals surface area contributed by atoms with Crippen LogP contribution in [0.15, 0.2) is 24.3 Å². The molecule has 0 aliphatic heterocycles. The molecule has 0 spiro atoms. The van der Waals surface area contributed by atoms with Gasteiger partial charge >= 0.3 is 0 Å². The van der Waals surface area contributed by atoms with Crippen molar-refractivity contribution in [1.82, 2.24) is 5.32 Å². The lowest BCUT2D eigenvalue weighted by Crippen LogP contribution is -2.21. The molecule has 1 N–H and O–H groups in total. The SMILES string of the molecule is CCNC(CCCS(C)(=O)=O)c1cccc(F)c1. The van der Waals surface area contributed by atoms with E-state index in [1.54, 1.807) is 6.07 Å². The Morgan fingerprint density at radius 3 is 2.67 bits per heavy atom. The normalized spacial score (nSPS) is 13.5. The summed E-state index contributed by atoms with van der Waals surface area (Å²) in [5.41, 5.74) is 0.866. The summed E-state index contributed by atoms with van der Waals surface area (Å²) in [7, 11) is -2.93. The molecule has 0 amide bonds. The highest BCUT2D eigenvalue weighted by Crippen LogP contribution is 2.19. The Morgan fingerprint density at radius 1 is 1.39 bits per heavy atom. The van der Waals surface area contributed by atoms with Gasteiger partial charge in [0.15, 0.2) is 0 Å². The summed E-state index contributed by atoms with van der Waals surface area (Å²) in [5, 5.41) is 3.25. The van der Waals surface area contributed by atoms with Gasteiger partial charge in [-0.25, -0.2) is 12.8 Å². The predicted molar refractivity (Wildman–Crippen MR) is 71.8 cm³/mol. The summed E-state index contributed by atoms with van der Waals surface area (Å²) in [4.78, 5) is 0. The van der Waals surface area contributed by atoms with Gasteiger partial charge in [0.05, 0.1) is 0 Å². The van der Waals surface area contributed by atoms with Gasteiger partial charge in [-0.2, -0.15) is 0 Å². The Hall–Kier alpha value is -0.940. The smallest absolute Gasteiger partial charge is 0.147 e. The minimum atomic E-state index is -2.93. The van der Waals surface area contributed by atoms with Crippen molar-refractivity contribution in [1.29, 1.82) is 0 Å². The number of nitrogens with one attached hydrogen (secondary N) is 1. The van der Waals surface area contributed by atoms with E-state index in [2.05, 4.69) is 5.32 Å². The molecule has 1 atom stereocenters. The van der Waals surface area contributed by atoms with Crippen molar-refractivity contribution in [3.8, 4) is 0 Å². The van der Waals surface area contributed by atoms with Gasteiger partial charge in [0.25, 0.3) is 0 Å². The van der Waals surface area contributed by atoms with Gasteiger partial charge in [0.1, 0.15) is 15.7 Å². The molecule has 0 aromatic heterocycles. The van der Waals surface area contributed by atoms with Gasteiger partial charge in [-0.05, 0) is 37.1 Å². The Bertz CT molecular complexity index is 474. The standard InChI is InChI=1S/C13H20FNO2S/c1-3-15-13(8-5-9-18(2,16)17)11-6-4-7-12(14)10-11/h4,6-7,10,13,15H,3,5,8-9H2,1-2H3. The first-order valence-corrected chi connectivity index (χ1v) is 8.15. The minimum Gasteiger partial charge on any atom is -0.310 e. The maximum absolute atomic E-state index is 13.2. The van der Waals surface area contributed by atoms with E-state index < -0.39 is 9.84 Å². The van der Waals surface area contributed by atoms with Crippen molar-refractivity contribution >= 4 is 9.84 Å². The van der Waals surface area contributed by atoms with E-state index >= 15 is 0 Å². The van der Waals surface area contributed by atoms with Gasteiger partial charge in [-0.1, -0.05) is 19.1 Å². The van der Waals surface area contributed by atoms with Crippen LogP contribution in [-0.4, -0.2) is 27.0 Å². The summed E-state index contributed by atoms with van der Waals surface area (Å²) < 4.78 is 35.3. The van der Waals surface area contributed by atoms with Crippen LogP contribution in [0.2, 0.25) is 0 Å². The summed E-state index contributed by atoms with van der Waals surface area (Å²) in [6.07, 6.45) is 2.49. The highest BCUT2D eigenvalue weighted by molar-refractivity contribution is 7.90. The van der Waals surface area contributed by atoms with Gasteiger partial charge in [-0.15, -0.1) is 0 Å². The maximum atomic E-state index is 13.2. The van der Waals surface area contributed by atoms with E-state index in [-0.39, 0.29) is 17.6 Å². The molecule has 5 heteroatoms. The molecule has 1 aromatic rings. The summed E-state index contributed by atoms with van der Waals surface area (Å²) >= 11 is 0. The highest BCUT2D eigenvalue weighted by atomic mass is 32.2.